The molecule has 6 rings (SSSR count). The van der Waals surface area contributed by atoms with Gasteiger partial charge in [-0.25, -0.2) is 9.97 Å². The van der Waals surface area contributed by atoms with Crippen LogP contribution in [0.2, 0.25) is 0 Å². The van der Waals surface area contributed by atoms with Gasteiger partial charge in [0.2, 0.25) is 17.7 Å². The number of ether oxygens (including phenoxy) is 4. The molecule has 2 aromatic carbocycles. The summed E-state index contributed by atoms with van der Waals surface area (Å²) < 4.78 is 22.7. The van der Waals surface area contributed by atoms with Gasteiger partial charge in [0.15, 0.2) is 0 Å². The fourth-order valence-electron chi connectivity index (χ4n) is 7.38. The van der Waals surface area contributed by atoms with Crippen LogP contribution in [0.4, 0.5) is 5.82 Å². The second-order valence-corrected chi connectivity index (χ2v) is 17.9. The normalized spacial score (nSPS) is 14.4. The Hall–Kier alpha value is -5.84. The highest BCUT2D eigenvalue weighted by atomic mass is 32.1. The molecule has 15 heteroatoms. The maximum absolute atomic E-state index is 13.9. The van der Waals surface area contributed by atoms with E-state index >= 15 is 0 Å². The van der Waals surface area contributed by atoms with E-state index in [1.54, 1.807) is 22.4 Å². The van der Waals surface area contributed by atoms with E-state index in [0.717, 1.165) is 49.8 Å². The maximum Gasteiger partial charge on any atom is 0.246 e. The van der Waals surface area contributed by atoms with Crippen molar-refractivity contribution in [1.29, 1.82) is 0 Å². The lowest BCUT2D eigenvalue weighted by molar-refractivity contribution is -0.144. The van der Waals surface area contributed by atoms with Gasteiger partial charge >= 0.3 is 0 Å². The minimum Gasteiger partial charge on any atom is -0.379 e. The van der Waals surface area contributed by atoms with E-state index in [2.05, 4.69) is 56.3 Å². The first-order chi connectivity index (χ1) is 32.1. The standard InChI is InChI=1S/C51H63N7O7S/c1-37-46(66-36-56-37)40-17-15-39(16-18-40)33-55-49(60)44-13-9-23-58(44)50(61)47(51(2,3)4)57-45(59)20-24-62-26-28-64-30-31-65-29-27-63-25-22-53-48-41(19-14-38-10-6-5-7-11-38)32-43(35-54-48)42-12-8-21-52-34-42/h5-8,10-12,14-19,21,32,34-36,44,47H,9,13,20,22-31,33H2,1-4H3,(H,53,54)(H,55,60)(H,57,59)/b19-14+. The summed E-state index contributed by atoms with van der Waals surface area (Å²) in [7, 11) is 0. The van der Waals surface area contributed by atoms with Gasteiger partial charge in [0.05, 0.1) is 68.9 Å². The topological polar surface area (TPSA) is 166 Å². The number of thiazole rings is 1. The van der Waals surface area contributed by atoms with E-state index in [1.807, 2.05) is 100 Å². The highest BCUT2D eigenvalue weighted by Gasteiger charge is 2.41. The summed E-state index contributed by atoms with van der Waals surface area (Å²) >= 11 is 1.60. The van der Waals surface area contributed by atoms with E-state index in [0.29, 0.717) is 78.7 Å². The van der Waals surface area contributed by atoms with Gasteiger partial charge in [0.1, 0.15) is 17.9 Å². The van der Waals surface area contributed by atoms with Crippen LogP contribution in [0.25, 0.3) is 33.7 Å². The summed E-state index contributed by atoms with van der Waals surface area (Å²) in [6, 6.07) is 22.8. The van der Waals surface area contributed by atoms with Gasteiger partial charge < -0.3 is 39.8 Å². The van der Waals surface area contributed by atoms with Crippen molar-refractivity contribution < 1.29 is 33.3 Å². The van der Waals surface area contributed by atoms with Crippen LogP contribution in [-0.4, -0.2) is 116 Å². The molecule has 1 aliphatic rings. The molecule has 3 aromatic heterocycles. The number of nitrogens with zero attached hydrogens (tertiary/aromatic N) is 4. The molecule has 0 aliphatic carbocycles. The lowest BCUT2D eigenvalue weighted by Crippen LogP contribution is -2.57. The second kappa shape index (κ2) is 25.7. The Labute approximate surface area is 392 Å². The molecule has 2 unspecified atom stereocenters. The van der Waals surface area contributed by atoms with E-state index in [1.165, 1.54) is 0 Å². The Morgan fingerprint density at radius 2 is 1.53 bits per heavy atom. The van der Waals surface area contributed by atoms with Crippen molar-refractivity contribution in [2.24, 2.45) is 5.41 Å². The van der Waals surface area contributed by atoms with E-state index < -0.39 is 17.5 Å². The monoisotopic (exact) mass is 917 g/mol. The lowest BCUT2D eigenvalue weighted by Gasteiger charge is -2.35. The van der Waals surface area contributed by atoms with Crippen LogP contribution in [0.1, 0.15) is 62.4 Å². The summed E-state index contributed by atoms with van der Waals surface area (Å²) in [4.78, 5) is 56.3. The largest absolute Gasteiger partial charge is 0.379 e. The Morgan fingerprint density at radius 1 is 0.818 bits per heavy atom. The molecule has 5 aromatic rings. The van der Waals surface area contributed by atoms with Gasteiger partial charge in [-0.1, -0.05) is 93.6 Å². The zero-order valence-corrected chi connectivity index (χ0v) is 39.3. The molecule has 2 atom stereocenters. The molecule has 1 fully saturated rings. The number of nitrogens with one attached hydrogen (secondary N) is 3. The Kier molecular flexibility index (Phi) is 19.3. The van der Waals surface area contributed by atoms with Gasteiger partial charge in [-0.15, -0.1) is 11.3 Å². The number of rotatable bonds is 25. The van der Waals surface area contributed by atoms with Crippen LogP contribution in [0.3, 0.4) is 0 Å². The number of amides is 3. The average Bonchev–Trinajstić information content (AvgIpc) is 4.01. The summed E-state index contributed by atoms with van der Waals surface area (Å²) in [6.45, 7) is 12.1. The first-order valence-corrected chi connectivity index (χ1v) is 23.5. The third-order valence-electron chi connectivity index (χ3n) is 11.0. The molecule has 3 N–H and O–H groups in total. The van der Waals surface area contributed by atoms with Crippen molar-refractivity contribution in [2.75, 3.05) is 71.3 Å². The average molecular weight is 918 g/mol. The van der Waals surface area contributed by atoms with Crippen LogP contribution >= 0.6 is 11.3 Å². The number of carbonyl (C=O) groups excluding carboxylic acids is 3. The third kappa shape index (κ3) is 15.4. The zero-order chi connectivity index (χ0) is 46.6. The number of hydrogen-bond acceptors (Lipinski definition) is 12. The number of aryl methyl sites for hydroxylation is 1. The Bertz CT molecular complexity index is 2300. The Morgan fingerprint density at radius 3 is 2.20 bits per heavy atom. The van der Waals surface area contributed by atoms with Gasteiger partial charge in [0.25, 0.3) is 0 Å². The predicted molar refractivity (Wildman–Crippen MR) is 259 cm³/mol. The molecule has 14 nitrogen and oxygen atoms in total. The fourth-order valence-corrected chi connectivity index (χ4v) is 8.19. The molecule has 0 saturated carbocycles. The second-order valence-electron chi connectivity index (χ2n) is 17.0. The highest BCUT2D eigenvalue weighted by Crippen LogP contribution is 2.29. The number of aromatic nitrogens is 3. The molecule has 0 spiro atoms. The van der Waals surface area contributed by atoms with Crippen LogP contribution in [0.15, 0.2) is 96.9 Å². The number of benzene rings is 2. The fraction of sp³-hybridized carbons (Fsp3) is 0.412. The number of hydrogen-bond donors (Lipinski definition) is 3. The molecule has 4 heterocycles. The van der Waals surface area contributed by atoms with E-state index in [4.69, 9.17) is 23.9 Å². The Balaban J connectivity index is 0.806. The third-order valence-corrected chi connectivity index (χ3v) is 12.0. The van der Waals surface area contributed by atoms with Crippen LogP contribution < -0.4 is 16.0 Å². The molecule has 0 bridgehead atoms. The zero-order valence-electron chi connectivity index (χ0n) is 38.5. The van der Waals surface area contributed by atoms with E-state index in [9.17, 15) is 14.4 Å². The van der Waals surface area contributed by atoms with Crippen molar-refractivity contribution in [2.45, 2.75) is 65.6 Å². The number of pyridine rings is 2. The maximum atomic E-state index is 13.9. The molecule has 350 valence electrons. The van der Waals surface area contributed by atoms with Gasteiger partial charge in [-0.3, -0.25) is 19.4 Å². The van der Waals surface area contributed by atoms with Crippen molar-refractivity contribution in [3.8, 4) is 21.6 Å². The minimum atomic E-state index is -0.799. The summed E-state index contributed by atoms with van der Waals surface area (Å²) in [5, 5.41) is 9.35. The van der Waals surface area contributed by atoms with Gasteiger partial charge in [0, 0.05) is 61.3 Å². The smallest absolute Gasteiger partial charge is 0.246 e. The van der Waals surface area contributed by atoms with Crippen molar-refractivity contribution in [3.05, 3.63) is 119 Å². The first-order valence-electron chi connectivity index (χ1n) is 22.6. The lowest BCUT2D eigenvalue weighted by atomic mass is 9.85. The van der Waals surface area contributed by atoms with Gasteiger partial charge in [-0.05, 0) is 54.0 Å². The molecular formula is C51H63N7O7S. The van der Waals surface area contributed by atoms with Crippen LogP contribution in [-0.2, 0) is 39.9 Å². The number of anilines is 1. The molecule has 1 saturated heterocycles. The predicted octanol–water partition coefficient (Wildman–Crippen LogP) is 7.45. The number of carbonyl (C=O) groups is 3. The SMILES string of the molecule is Cc1ncsc1-c1ccc(CNC(=O)C2CCCN2C(=O)C(NC(=O)CCOCCOCCOCCOCCNc2ncc(-c3cccnc3)cc2/C=C/c2ccccc2)C(C)(C)C)cc1. The molecular weight excluding hydrogens is 855 g/mol. The summed E-state index contributed by atoms with van der Waals surface area (Å²) in [5.41, 5.74) is 8.36. The van der Waals surface area contributed by atoms with Crippen molar-refractivity contribution in [1.82, 2.24) is 30.5 Å². The number of likely N-dealkylation sites (tertiary alicyclic amines) is 1. The first kappa shape index (κ1) is 49.6. The molecule has 0 radical (unpaired) electrons. The van der Waals surface area contributed by atoms with Crippen molar-refractivity contribution in [3.63, 3.8) is 0 Å². The van der Waals surface area contributed by atoms with Gasteiger partial charge in [-0.2, -0.15) is 0 Å². The minimum absolute atomic E-state index is 0.0885. The van der Waals surface area contributed by atoms with Crippen LogP contribution in [0.5, 0.6) is 0 Å². The summed E-state index contributed by atoms with van der Waals surface area (Å²) in [5.74, 6) is 0.0311. The summed E-state index contributed by atoms with van der Waals surface area (Å²) in [6.07, 6.45) is 10.9. The molecule has 1 aliphatic heterocycles. The molecule has 3 amide bonds. The quantitative estimate of drug-likeness (QED) is 0.0498. The highest BCUT2D eigenvalue weighted by molar-refractivity contribution is 7.13. The van der Waals surface area contributed by atoms with Crippen LogP contribution in [0, 0.1) is 12.3 Å². The molecule has 66 heavy (non-hydrogen) atoms. The van der Waals surface area contributed by atoms with Crippen molar-refractivity contribution >= 4 is 47.0 Å². The van der Waals surface area contributed by atoms with E-state index in [-0.39, 0.29) is 30.7 Å².